The molecule has 4 nitrogen and oxygen atoms in total. The molecule has 0 N–H and O–H groups in total. The van der Waals surface area contributed by atoms with Crippen molar-refractivity contribution >= 4 is 0 Å². The van der Waals surface area contributed by atoms with Gasteiger partial charge in [-0.3, -0.25) is 4.90 Å². The lowest BCUT2D eigenvalue weighted by Crippen LogP contribution is -2.56. The number of likely N-dealkylation sites (tertiary alicyclic amines) is 1. The number of nitrogens with zero attached hydrogens (tertiary/aromatic N) is 3. The van der Waals surface area contributed by atoms with Crippen molar-refractivity contribution in [3.8, 4) is 0 Å². The van der Waals surface area contributed by atoms with Crippen molar-refractivity contribution in [2.45, 2.75) is 25.5 Å². The van der Waals surface area contributed by atoms with E-state index in [1.165, 1.54) is 18.5 Å². The monoisotopic (exact) mass is 331 g/mol. The number of hydrogen-bond donors (Lipinski definition) is 0. The maximum atomic E-state index is 13.3. The van der Waals surface area contributed by atoms with Crippen molar-refractivity contribution in [2.24, 2.45) is 5.41 Å². The maximum Gasteiger partial charge on any atom is 0.159 e. The zero-order valence-electron chi connectivity index (χ0n) is 13.3. The lowest BCUT2D eigenvalue weighted by atomic mass is 9.77. The van der Waals surface area contributed by atoms with E-state index in [1.54, 1.807) is 6.07 Å². The molecule has 0 radical (unpaired) electrons. The van der Waals surface area contributed by atoms with Gasteiger partial charge in [0.25, 0.3) is 0 Å². The zero-order chi connectivity index (χ0) is 16.6. The number of ether oxygens (including phenoxy) is 1. The third-order valence-corrected chi connectivity index (χ3v) is 4.87. The lowest BCUT2D eigenvalue weighted by molar-refractivity contribution is -0.0141. The normalized spacial score (nSPS) is 22.7. The van der Waals surface area contributed by atoms with Gasteiger partial charge in [-0.25, -0.2) is 18.7 Å². The molecule has 0 amide bonds. The van der Waals surface area contributed by atoms with Gasteiger partial charge >= 0.3 is 0 Å². The molecule has 1 atom stereocenters. The highest BCUT2D eigenvalue weighted by Crippen LogP contribution is 2.42. The van der Waals surface area contributed by atoms with Crippen LogP contribution in [0, 0.1) is 17.0 Å². The van der Waals surface area contributed by atoms with E-state index >= 15 is 0 Å². The van der Waals surface area contributed by atoms with E-state index in [9.17, 15) is 8.78 Å². The predicted molar refractivity (Wildman–Crippen MR) is 84.2 cm³/mol. The molecule has 126 valence electrons. The number of hydrogen-bond acceptors (Lipinski definition) is 4. The summed E-state index contributed by atoms with van der Waals surface area (Å²) < 4.78 is 32.2. The van der Waals surface area contributed by atoms with Gasteiger partial charge in [0.1, 0.15) is 6.33 Å². The predicted octanol–water partition coefficient (Wildman–Crippen LogP) is 2.59. The van der Waals surface area contributed by atoms with Gasteiger partial charge in [0.05, 0.1) is 12.7 Å². The molecular formula is C18H19F2N3O. The number of halogens is 2. The molecule has 1 aromatic carbocycles. The van der Waals surface area contributed by atoms with Gasteiger partial charge in [-0.2, -0.15) is 0 Å². The van der Waals surface area contributed by atoms with Crippen molar-refractivity contribution in [1.29, 1.82) is 0 Å². The Hall–Kier alpha value is -1.92. The molecule has 0 aliphatic carbocycles. The van der Waals surface area contributed by atoms with Gasteiger partial charge in [-0.05, 0) is 29.7 Å². The Morgan fingerprint density at radius 3 is 2.67 bits per heavy atom. The standard InChI is InChI=1S/C18H19F2N3O/c19-16-2-1-13(4-17(16)20)8-23-9-18(10-23)5-15(24-11-18)3-14-6-21-12-22-7-14/h1-2,4,6-7,12,15H,3,5,8-11H2/t15-/m0/s1. The Labute approximate surface area is 139 Å². The second-order valence-corrected chi connectivity index (χ2v) is 6.98. The summed E-state index contributed by atoms with van der Waals surface area (Å²) in [4.78, 5) is 10.3. The summed E-state index contributed by atoms with van der Waals surface area (Å²) in [5.74, 6) is -1.58. The van der Waals surface area contributed by atoms with Crippen molar-refractivity contribution in [1.82, 2.24) is 14.9 Å². The van der Waals surface area contributed by atoms with Gasteiger partial charge in [0.15, 0.2) is 11.6 Å². The first-order valence-corrected chi connectivity index (χ1v) is 8.14. The van der Waals surface area contributed by atoms with E-state index in [0.717, 1.165) is 43.7 Å². The van der Waals surface area contributed by atoms with Crippen molar-refractivity contribution in [3.05, 3.63) is 59.7 Å². The van der Waals surface area contributed by atoms with Crippen LogP contribution in [0.1, 0.15) is 17.5 Å². The Bertz CT molecular complexity index is 719. The molecule has 2 aliphatic rings. The van der Waals surface area contributed by atoms with E-state index < -0.39 is 11.6 Å². The molecule has 1 aromatic heterocycles. The average molecular weight is 331 g/mol. The highest BCUT2D eigenvalue weighted by Gasteiger charge is 2.48. The summed E-state index contributed by atoms with van der Waals surface area (Å²) >= 11 is 0. The molecule has 0 unspecified atom stereocenters. The minimum atomic E-state index is -0.796. The van der Waals surface area contributed by atoms with E-state index in [0.29, 0.717) is 6.54 Å². The van der Waals surface area contributed by atoms with Crippen LogP contribution in [0.3, 0.4) is 0 Å². The summed E-state index contributed by atoms with van der Waals surface area (Å²) in [6.45, 7) is 3.29. The first kappa shape index (κ1) is 15.6. The van der Waals surface area contributed by atoms with E-state index in [4.69, 9.17) is 4.74 Å². The summed E-state index contributed by atoms with van der Waals surface area (Å²) in [6.07, 6.45) is 7.26. The number of rotatable bonds is 4. The Morgan fingerprint density at radius 2 is 1.92 bits per heavy atom. The fourth-order valence-corrected chi connectivity index (χ4v) is 3.86. The van der Waals surface area contributed by atoms with Gasteiger partial charge in [-0.1, -0.05) is 6.07 Å². The highest BCUT2D eigenvalue weighted by atomic mass is 19.2. The Balaban J connectivity index is 1.30. The molecule has 2 aliphatic heterocycles. The van der Waals surface area contributed by atoms with Crippen LogP contribution < -0.4 is 0 Å². The fourth-order valence-electron chi connectivity index (χ4n) is 3.86. The molecule has 3 heterocycles. The van der Waals surface area contributed by atoms with Crippen LogP contribution >= 0.6 is 0 Å². The van der Waals surface area contributed by atoms with E-state index in [1.807, 2.05) is 12.4 Å². The van der Waals surface area contributed by atoms with Gasteiger partial charge < -0.3 is 4.74 Å². The summed E-state index contributed by atoms with van der Waals surface area (Å²) in [5.41, 5.74) is 2.11. The molecule has 6 heteroatoms. The average Bonchev–Trinajstić information content (AvgIpc) is 2.95. The van der Waals surface area contributed by atoms with Crippen LogP contribution in [0.15, 0.2) is 36.9 Å². The molecule has 24 heavy (non-hydrogen) atoms. The van der Waals surface area contributed by atoms with Crippen LogP contribution in [0.4, 0.5) is 8.78 Å². The second kappa shape index (κ2) is 6.18. The molecule has 0 saturated carbocycles. The largest absolute Gasteiger partial charge is 0.377 e. The van der Waals surface area contributed by atoms with E-state index in [-0.39, 0.29) is 11.5 Å². The highest BCUT2D eigenvalue weighted by molar-refractivity contribution is 5.18. The summed E-state index contributed by atoms with van der Waals surface area (Å²) in [5, 5.41) is 0. The Morgan fingerprint density at radius 1 is 1.12 bits per heavy atom. The van der Waals surface area contributed by atoms with Gasteiger partial charge in [0.2, 0.25) is 0 Å². The number of benzene rings is 1. The van der Waals surface area contributed by atoms with Crippen molar-refractivity contribution < 1.29 is 13.5 Å². The minimum absolute atomic E-state index is 0.207. The summed E-state index contributed by atoms with van der Waals surface area (Å²) in [6, 6.07) is 4.12. The maximum absolute atomic E-state index is 13.3. The first-order valence-electron chi connectivity index (χ1n) is 8.14. The zero-order valence-corrected chi connectivity index (χ0v) is 13.3. The van der Waals surface area contributed by atoms with Gasteiger partial charge in [-0.15, -0.1) is 0 Å². The molecular weight excluding hydrogens is 312 g/mol. The topological polar surface area (TPSA) is 38.2 Å². The Kier molecular flexibility index (Phi) is 4.02. The lowest BCUT2D eigenvalue weighted by Gasteiger charge is -2.47. The summed E-state index contributed by atoms with van der Waals surface area (Å²) in [7, 11) is 0. The fraction of sp³-hybridized carbons (Fsp3) is 0.444. The van der Waals surface area contributed by atoms with Gasteiger partial charge in [0, 0.05) is 43.9 Å². The molecule has 2 fully saturated rings. The smallest absolute Gasteiger partial charge is 0.159 e. The third-order valence-electron chi connectivity index (χ3n) is 4.87. The quantitative estimate of drug-likeness (QED) is 0.863. The van der Waals surface area contributed by atoms with Crippen LogP contribution in [0.25, 0.3) is 0 Å². The van der Waals surface area contributed by atoms with E-state index in [2.05, 4.69) is 14.9 Å². The second-order valence-electron chi connectivity index (χ2n) is 6.98. The van der Waals surface area contributed by atoms with Crippen LogP contribution in [0.5, 0.6) is 0 Å². The molecule has 1 spiro atoms. The van der Waals surface area contributed by atoms with Crippen molar-refractivity contribution in [3.63, 3.8) is 0 Å². The molecule has 2 aromatic rings. The SMILES string of the molecule is Fc1ccc(CN2CC3(CO[C@@H](Cc4cncnc4)C3)C2)cc1F. The number of aromatic nitrogens is 2. The molecule has 2 saturated heterocycles. The van der Waals surface area contributed by atoms with Crippen LogP contribution in [-0.2, 0) is 17.7 Å². The minimum Gasteiger partial charge on any atom is -0.377 e. The third kappa shape index (κ3) is 3.16. The van der Waals surface area contributed by atoms with Crippen LogP contribution in [-0.4, -0.2) is 40.7 Å². The molecule has 0 bridgehead atoms. The van der Waals surface area contributed by atoms with Crippen LogP contribution in [0.2, 0.25) is 0 Å². The first-order chi connectivity index (χ1) is 11.6. The van der Waals surface area contributed by atoms with Crippen molar-refractivity contribution in [2.75, 3.05) is 19.7 Å². The molecule has 4 rings (SSSR count).